The molecular weight excluding hydrogens is 342 g/mol. The van der Waals surface area contributed by atoms with Crippen molar-refractivity contribution in [1.29, 1.82) is 0 Å². The van der Waals surface area contributed by atoms with Crippen LogP contribution in [0.1, 0.15) is 20.3 Å². The van der Waals surface area contributed by atoms with Gasteiger partial charge in [0, 0.05) is 0 Å². The van der Waals surface area contributed by atoms with E-state index in [2.05, 4.69) is 5.32 Å². The molecule has 6 heteroatoms. The number of carbonyl (C=O) groups is 2. The molecule has 0 aliphatic carbocycles. The van der Waals surface area contributed by atoms with Crippen LogP contribution in [0.2, 0.25) is 5.02 Å². The number of hydrogen-bond donors (Lipinski definition) is 1. The monoisotopic (exact) mass is 361 g/mol. The average molecular weight is 362 g/mol. The lowest BCUT2D eigenvalue weighted by atomic mass is 10.2. The first-order valence-corrected chi connectivity index (χ1v) is 8.36. The number of ether oxygens (including phenoxy) is 2. The fraction of sp³-hybridized carbons (Fsp3) is 0.263. The molecule has 0 radical (unpaired) electrons. The zero-order chi connectivity index (χ0) is 18.2. The summed E-state index contributed by atoms with van der Waals surface area (Å²) in [5.74, 6) is -0.483. The molecule has 0 unspecified atom stereocenters. The van der Waals surface area contributed by atoms with Gasteiger partial charge in [0.1, 0.15) is 5.75 Å². The molecule has 0 aliphatic heterocycles. The van der Waals surface area contributed by atoms with Crippen molar-refractivity contribution < 1.29 is 19.1 Å². The minimum atomic E-state index is -0.975. The van der Waals surface area contributed by atoms with E-state index in [1.54, 1.807) is 36.4 Å². The number of para-hydroxylation sites is 2. The van der Waals surface area contributed by atoms with Crippen LogP contribution in [-0.4, -0.2) is 24.1 Å². The normalized spacial score (nSPS) is 12.8. The quantitative estimate of drug-likeness (QED) is 0.755. The summed E-state index contributed by atoms with van der Waals surface area (Å²) in [6.07, 6.45) is -1.33. The third-order valence-corrected chi connectivity index (χ3v) is 3.78. The maximum Gasteiger partial charge on any atom is 0.348 e. The molecule has 0 saturated heterocycles. The number of rotatable bonds is 7. The second kappa shape index (κ2) is 9.08. The molecule has 1 amide bonds. The standard InChI is InChI=1S/C19H20ClNO4/c1-3-17(25-14-9-5-4-6-10-14)19(23)24-13(2)18(22)21-16-12-8-7-11-15(16)20/h4-13,17H,3H2,1-2H3,(H,21,22)/t13-,17-/m0/s1. The predicted molar refractivity (Wildman–Crippen MR) is 96.8 cm³/mol. The topological polar surface area (TPSA) is 64.6 Å². The van der Waals surface area contributed by atoms with Gasteiger partial charge in [0.05, 0.1) is 10.7 Å². The summed E-state index contributed by atoms with van der Waals surface area (Å²) in [4.78, 5) is 24.4. The van der Waals surface area contributed by atoms with Gasteiger partial charge in [0.25, 0.3) is 5.91 Å². The van der Waals surface area contributed by atoms with Crippen LogP contribution in [0.4, 0.5) is 5.69 Å². The zero-order valence-electron chi connectivity index (χ0n) is 14.1. The summed E-state index contributed by atoms with van der Waals surface area (Å²) >= 11 is 6.00. The van der Waals surface area contributed by atoms with E-state index in [1.807, 2.05) is 25.1 Å². The van der Waals surface area contributed by atoms with E-state index in [4.69, 9.17) is 21.1 Å². The summed E-state index contributed by atoms with van der Waals surface area (Å²) in [5.41, 5.74) is 0.463. The first-order valence-electron chi connectivity index (χ1n) is 7.98. The summed E-state index contributed by atoms with van der Waals surface area (Å²) in [6.45, 7) is 3.31. The molecule has 0 aliphatic rings. The van der Waals surface area contributed by atoms with Crippen LogP contribution in [0.25, 0.3) is 0 Å². The SMILES string of the molecule is CC[C@H](Oc1ccccc1)C(=O)O[C@@H](C)C(=O)Nc1ccccc1Cl. The van der Waals surface area contributed by atoms with Crippen LogP contribution < -0.4 is 10.1 Å². The molecule has 0 fully saturated rings. The maximum atomic E-state index is 12.3. The van der Waals surface area contributed by atoms with E-state index < -0.39 is 24.1 Å². The summed E-state index contributed by atoms with van der Waals surface area (Å²) in [7, 11) is 0. The van der Waals surface area contributed by atoms with Crippen molar-refractivity contribution in [2.24, 2.45) is 0 Å². The zero-order valence-corrected chi connectivity index (χ0v) is 14.8. The van der Waals surface area contributed by atoms with Gasteiger partial charge in [0.2, 0.25) is 0 Å². The van der Waals surface area contributed by atoms with Gasteiger partial charge in [-0.1, -0.05) is 48.9 Å². The molecule has 2 rings (SSSR count). The van der Waals surface area contributed by atoms with Crippen LogP contribution in [0, 0.1) is 0 Å². The fourth-order valence-electron chi connectivity index (χ4n) is 2.06. The Morgan fingerprint density at radius 2 is 1.72 bits per heavy atom. The minimum Gasteiger partial charge on any atom is -0.479 e. The van der Waals surface area contributed by atoms with Crippen LogP contribution in [0.5, 0.6) is 5.75 Å². The number of benzene rings is 2. The lowest BCUT2D eigenvalue weighted by molar-refractivity contribution is -0.160. The van der Waals surface area contributed by atoms with Crippen molar-refractivity contribution in [2.45, 2.75) is 32.5 Å². The molecule has 0 heterocycles. The van der Waals surface area contributed by atoms with Crippen molar-refractivity contribution in [2.75, 3.05) is 5.32 Å². The maximum absolute atomic E-state index is 12.3. The van der Waals surface area contributed by atoms with Gasteiger partial charge in [0.15, 0.2) is 12.2 Å². The number of amides is 1. The molecule has 0 bridgehead atoms. The minimum absolute atomic E-state index is 0.410. The molecule has 1 N–H and O–H groups in total. The molecule has 25 heavy (non-hydrogen) atoms. The summed E-state index contributed by atoms with van der Waals surface area (Å²) in [5, 5.41) is 3.04. The van der Waals surface area contributed by atoms with Gasteiger partial charge in [-0.2, -0.15) is 0 Å². The highest BCUT2D eigenvalue weighted by Gasteiger charge is 2.25. The van der Waals surface area contributed by atoms with E-state index in [-0.39, 0.29) is 0 Å². The van der Waals surface area contributed by atoms with E-state index in [0.29, 0.717) is 22.9 Å². The van der Waals surface area contributed by atoms with Gasteiger partial charge >= 0.3 is 5.97 Å². The van der Waals surface area contributed by atoms with Gasteiger partial charge < -0.3 is 14.8 Å². The highest BCUT2D eigenvalue weighted by atomic mass is 35.5. The Balaban J connectivity index is 1.93. The van der Waals surface area contributed by atoms with Gasteiger partial charge in [-0.25, -0.2) is 4.79 Å². The van der Waals surface area contributed by atoms with Crippen molar-refractivity contribution in [3.8, 4) is 5.75 Å². The van der Waals surface area contributed by atoms with E-state index >= 15 is 0 Å². The molecule has 2 aromatic rings. The molecule has 0 aromatic heterocycles. The van der Waals surface area contributed by atoms with Gasteiger partial charge in [-0.05, 0) is 37.6 Å². The Labute approximate surface area is 151 Å². The predicted octanol–water partition coefficient (Wildman–Crippen LogP) is 4.07. The lowest BCUT2D eigenvalue weighted by Crippen LogP contribution is -2.36. The van der Waals surface area contributed by atoms with E-state index in [1.165, 1.54) is 6.92 Å². The van der Waals surface area contributed by atoms with Crippen LogP contribution in [0.15, 0.2) is 54.6 Å². The van der Waals surface area contributed by atoms with E-state index in [0.717, 1.165) is 0 Å². The molecule has 132 valence electrons. The first-order chi connectivity index (χ1) is 12.0. The number of halogens is 1. The molecule has 0 saturated carbocycles. The molecule has 2 aromatic carbocycles. The summed E-state index contributed by atoms with van der Waals surface area (Å²) < 4.78 is 10.8. The van der Waals surface area contributed by atoms with Gasteiger partial charge in [-0.3, -0.25) is 4.79 Å². The highest BCUT2D eigenvalue weighted by Crippen LogP contribution is 2.21. The Kier molecular flexibility index (Phi) is 6.83. The summed E-state index contributed by atoms with van der Waals surface area (Å²) in [6, 6.07) is 15.8. The van der Waals surface area contributed by atoms with Crippen LogP contribution in [0.3, 0.4) is 0 Å². The molecule has 2 atom stereocenters. The Hall–Kier alpha value is -2.53. The second-order valence-corrected chi connectivity index (χ2v) is 5.78. The van der Waals surface area contributed by atoms with Gasteiger partial charge in [-0.15, -0.1) is 0 Å². The Morgan fingerprint density at radius 3 is 2.36 bits per heavy atom. The Bertz CT molecular complexity index is 720. The fourth-order valence-corrected chi connectivity index (χ4v) is 2.25. The largest absolute Gasteiger partial charge is 0.479 e. The Morgan fingerprint density at radius 1 is 1.08 bits per heavy atom. The average Bonchev–Trinajstić information content (AvgIpc) is 2.62. The number of esters is 1. The number of nitrogens with one attached hydrogen (secondary N) is 1. The van der Waals surface area contributed by atoms with Crippen molar-refractivity contribution in [3.63, 3.8) is 0 Å². The third-order valence-electron chi connectivity index (χ3n) is 3.45. The first kappa shape index (κ1) is 18.8. The molecule has 0 spiro atoms. The van der Waals surface area contributed by atoms with Crippen molar-refractivity contribution in [1.82, 2.24) is 0 Å². The number of carbonyl (C=O) groups excluding carboxylic acids is 2. The van der Waals surface area contributed by atoms with Crippen LogP contribution in [-0.2, 0) is 14.3 Å². The molecular formula is C19H20ClNO4. The molecule has 5 nitrogen and oxygen atoms in total. The number of hydrogen-bond acceptors (Lipinski definition) is 4. The van der Waals surface area contributed by atoms with Crippen LogP contribution >= 0.6 is 11.6 Å². The van der Waals surface area contributed by atoms with Crippen molar-refractivity contribution >= 4 is 29.2 Å². The smallest absolute Gasteiger partial charge is 0.348 e. The van der Waals surface area contributed by atoms with E-state index in [9.17, 15) is 9.59 Å². The highest BCUT2D eigenvalue weighted by molar-refractivity contribution is 6.33. The van der Waals surface area contributed by atoms with Crippen molar-refractivity contribution in [3.05, 3.63) is 59.6 Å². The number of anilines is 1. The second-order valence-electron chi connectivity index (χ2n) is 5.38. The lowest BCUT2D eigenvalue weighted by Gasteiger charge is -2.19. The third kappa shape index (κ3) is 5.50.